The summed E-state index contributed by atoms with van der Waals surface area (Å²) in [6, 6.07) is 7.43. The first kappa shape index (κ1) is 15.8. The van der Waals surface area contributed by atoms with E-state index in [1.807, 2.05) is 18.2 Å². The monoisotopic (exact) mass is 355 g/mol. The van der Waals surface area contributed by atoms with Crippen molar-refractivity contribution in [1.82, 2.24) is 15.0 Å². The second kappa shape index (κ2) is 6.09. The second-order valence-electron chi connectivity index (χ2n) is 7.48. The molecule has 0 aromatic carbocycles. The Kier molecular flexibility index (Phi) is 3.70. The lowest BCUT2D eigenvalue weighted by atomic mass is 9.84. The molecule has 7 nitrogen and oxygen atoms in total. The molecule has 2 aromatic rings. The van der Waals surface area contributed by atoms with Crippen LogP contribution in [0.1, 0.15) is 47.8 Å². The molecule has 1 amide bonds. The number of carbonyl (C=O) groups is 1. The van der Waals surface area contributed by atoms with E-state index in [2.05, 4.69) is 10.1 Å². The summed E-state index contributed by atoms with van der Waals surface area (Å²) < 4.78 is 17.3. The average molecular weight is 355 g/mol. The SMILES string of the molecule is O=C(c1cc(C2CC2)on1)N1CC2(C[C@H](Oc3ccccn3)CCO2)C1. The summed E-state index contributed by atoms with van der Waals surface area (Å²) in [4.78, 5) is 18.6. The van der Waals surface area contributed by atoms with Gasteiger partial charge in [0.15, 0.2) is 5.69 Å². The van der Waals surface area contributed by atoms with E-state index >= 15 is 0 Å². The number of amides is 1. The molecule has 3 aliphatic rings. The van der Waals surface area contributed by atoms with E-state index in [0.717, 1.165) is 31.4 Å². The zero-order valence-corrected chi connectivity index (χ0v) is 14.5. The summed E-state index contributed by atoms with van der Waals surface area (Å²) in [6.45, 7) is 1.77. The van der Waals surface area contributed by atoms with Gasteiger partial charge >= 0.3 is 0 Å². The average Bonchev–Trinajstić information content (AvgIpc) is 3.37. The van der Waals surface area contributed by atoms with Crippen LogP contribution in [0.2, 0.25) is 0 Å². The molecule has 3 fully saturated rings. The topological polar surface area (TPSA) is 77.7 Å². The van der Waals surface area contributed by atoms with Gasteiger partial charge in [0.1, 0.15) is 17.5 Å². The fraction of sp³-hybridized carbons (Fsp3) is 0.526. The number of hydrogen-bond acceptors (Lipinski definition) is 6. The van der Waals surface area contributed by atoms with Crippen molar-refractivity contribution in [3.63, 3.8) is 0 Å². The first-order valence-electron chi connectivity index (χ1n) is 9.18. The maximum atomic E-state index is 12.6. The van der Waals surface area contributed by atoms with Crippen LogP contribution >= 0.6 is 0 Å². The minimum absolute atomic E-state index is 0.0596. The van der Waals surface area contributed by atoms with Crippen LogP contribution in [0.25, 0.3) is 0 Å². The predicted molar refractivity (Wildman–Crippen MR) is 91.0 cm³/mol. The van der Waals surface area contributed by atoms with Gasteiger partial charge in [-0.3, -0.25) is 4.79 Å². The van der Waals surface area contributed by atoms with Gasteiger partial charge in [-0.05, 0) is 18.9 Å². The van der Waals surface area contributed by atoms with Crippen LogP contribution in [0.3, 0.4) is 0 Å². The molecule has 0 radical (unpaired) electrons. The highest BCUT2D eigenvalue weighted by Gasteiger charge is 2.50. The van der Waals surface area contributed by atoms with Crippen molar-refractivity contribution < 1.29 is 18.8 Å². The van der Waals surface area contributed by atoms with Crippen molar-refractivity contribution >= 4 is 5.91 Å². The minimum Gasteiger partial charge on any atom is -0.474 e. The van der Waals surface area contributed by atoms with Crippen LogP contribution in [-0.2, 0) is 4.74 Å². The standard InChI is InChI=1S/C19H21N3O4/c23-18(15-9-16(26-21-15)13-4-5-13)22-11-19(12-22)10-14(6-8-24-19)25-17-3-1-2-7-20-17/h1-3,7,9,13-14H,4-6,8,10-12H2/t14-/m1/s1. The van der Waals surface area contributed by atoms with Crippen molar-refractivity contribution in [3.8, 4) is 5.88 Å². The molecule has 5 rings (SSSR count). The highest BCUT2D eigenvalue weighted by Crippen LogP contribution is 2.41. The lowest BCUT2D eigenvalue weighted by Gasteiger charge is -2.52. The van der Waals surface area contributed by atoms with Crippen molar-refractivity contribution in [2.45, 2.75) is 43.3 Å². The summed E-state index contributed by atoms with van der Waals surface area (Å²) in [5.41, 5.74) is 0.0926. The molecule has 7 heteroatoms. The molecular weight excluding hydrogens is 334 g/mol. The van der Waals surface area contributed by atoms with Crippen molar-refractivity contribution in [3.05, 3.63) is 41.9 Å². The Morgan fingerprint density at radius 3 is 2.92 bits per heavy atom. The number of rotatable bonds is 4. The minimum atomic E-state index is -0.309. The first-order chi connectivity index (χ1) is 12.7. The van der Waals surface area contributed by atoms with Crippen LogP contribution in [0, 0.1) is 0 Å². The van der Waals surface area contributed by atoms with Crippen LogP contribution in [0.5, 0.6) is 5.88 Å². The third kappa shape index (κ3) is 2.96. The second-order valence-corrected chi connectivity index (χ2v) is 7.48. The molecule has 0 N–H and O–H groups in total. The van der Waals surface area contributed by atoms with Gasteiger partial charge in [-0.15, -0.1) is 0 Å². The smallest absolute Gasteiger partial charge is 0.276 e. The van der Waals surface area contributed by atoms with Gasteiger partial charge < -0.3 is 18.9 Å². The predicted octanol–water partition coefficient (Wildman–Crippen LogP) is 2.40. The van der Waals surface area contributed by atoms with Crippen LogP contribution < -0.4 is 4.74 Å². The Hall–Kier alpha value is -2.41. The maximum absolute atomic E-state index is 12.6. The van der Waals surface area contributed by atoms with Crippen LogP contribution in [-0.4, -0.2) is 52.3 Å². The van der Waals surface area contributed by atoms with Gasteiger partial charge in [0.2, 0.25) is 5.88 Å². The van der Waals surface area contributed by atoms with E-state index in [4.69, 9.17) is 14.0 Å². The third-order valence-corrected chi connectivity index (χ3v) is 5.35. The fourth-order valence-electron chi connectivity index (χ4n) is 3.80. The molecular formula is C19H21N3O4. The summed E-state index contributed by atoms with van der Waals surface area (Å²) in [5.74, 6) is 1.85. The molecule has 2 aliphatic heterocycles. The van der Waals surface area contributed by atoms with E-state index < -0.39 is 0 Å². The molecule has 1 aliphatic carbocycles. The Balaban J connectivity index is 1.19. The molecule has 136 valence electrons. The molecule has 1 spiro atoms. The highest BCUT2D eigenvalue weighted by molar-refractivity contribution is 5.93. The quantitative estimate of drug-likeness (QED) is 0.838. The number of aromatic nitrogens is 2. The summed E-state index contributed by atoms with van der Waals surface area (Å²) in [7, 11) is 0. The number of ether oxygens (including phenoxy) is 2. The summed E-state index contributed by atoms with van der Waals surface area (Å²) in [5, 5.41) is 3.94. The van der Waals surface area contributed by atoms with Crippen LogP contribution in [0.4, 0.5) is 0 Å². The third-order valence-electron chi connectivity index (χ3n) is 5.35. The zero-order chi connectivity index (χ0) is 17.6. The lowest BCUT2D eigenvalue weighted by molar-refractivity contribution is -0.174. The van der Waals surface area contributed by atoms with Gasteiger partial charge in [0.05, 0.1) is 19.7 Å². The van der Waals surface area contributed by atoms with Gasteiger partial charge in [-0.1, -0.05) is 11.2 Å². The molecule has 2 saturated heterocycles. The molecule has 0 bridgehead atoms. The van der Waals surface area contributed by atoms with E-state index in [1.54, 1.807) is 17.2 Å². The van der Waals surface area contributed by atoms with E-state index in [9.17, 15) is 4.79 Å². The van der Waals surface area contributed by atoms with Gasteiger partial charge in [0, 0.05) is 37.1 Å². The van der Waals surface area contributed by atoms with Crippen molar-refractivity contribution in [1.29, 1.82) is 0 Å². The largest absolute Gasteiger partial charge is 0.474 e. The number of likely N-dealkylation sites (tertiary alicyclic amines) is 1. The number of hydrogen-bond donors (Lipinski definition) is 0. The number of carbonyl (C=O) groups excluding carboxylic acids is 1. The highest BCUT2D eigenvalue weighted by atomic mass is 16.5. The Morgan fingerprint density at radius 2 is 2.15 bits per heavy atom. The van der Waals surface area contributed by atoms with Crippen molar-refractivity contribution in [2.75, 3.05) is 19.7 Å². The number of pyridine rings is 1. The summed E-state index contributed by atoms with van der Waals surface area (Å²) >= 11 is 0. The normalized spacial score (nSPS) is 24.3. The Labute approximate surface area is 151 Å². The molecule has 26 heavy (non-hydrogen) atoms. The number of nitrogens with zero attached hydrogens (tertiary/aromatic N) is 3. The Morgan fingerprint density at radius 1 is 1.27 bits per heavy atom. The molecule has 2 aromatic heterocycles. The molecule has 0 unspecified atom stereocenters. The molecule has 4 heterocycles. The van der Waals surface area contributed by atoms with E-state index in [-0.39, 0.29) is 17.6 Å². The zero-order valence-electron chi connectivity index (χ0n) is 14.5. The van der Waals surface area contributed by atoms with E-state index in [1.165, 1.54) is 0 Å². The van der Waals surface area contributed by atoms with Gasteiger partial charge in [0.25, 0.3) is 5.91 Å². The van der Waals surface area contributed by atoms with Crippen LogP contribution in [0.15, 0.2) is 35.0 Å². The lowest BCUT2D eigenvalue weighted by Crippen LogP contribution is -2.67. The van der Waals surface area contributed by atoms with Crippen molar-refractivity contribution in [2.24, 2.45) is 0 Å². The van der Waals surface area contributed by atoms with Gasteiger partial charge in [-0.25, -0.2) is 4.98 Å². The Bertz CT molecular complexity index is 796. The fourth-order valence-corrected chi connectivity index (χ4v) is 3.80. The van der Waals surface area contributed by atoms with Gasteiger partial charge in [-0.2, -0.15) is 0 Å². The molecule has 1 saturated carbocycles. The maximum Gasteiger partial charge on any atom is 0.276 e. The summed E-state index contributed by atoms with van der Waals surface area (Å²) in [6.07, 6.45) is 5.63. The first-order valence-corrected chi connectivity index (χ1v) is 9.18. The van der Waals surface area contributed by atoms with E-state index in [0.29, 0.717) is 37.2 Å². The molecule has 1 atom stereocenters.